The fraction of sp³-hybridized carbons (Fsp3) is 0.250. The van der Waals surface area contributed by atoms with Crippen LogP contribution >= 0.6 is 22.7 Å². The number of carboxylic acids is 1. The molecule has 0 atom stereocenters. The highest BCUT2D eigenvalue weighted by molar-refractivity contribution is 7.17. The molecule has 0 unspecified atom stereocenters. The molecule has 1 aliphatic carbocycles. The first-order chi connectivity index (χ1) is 10.6. The second-order valence-corrected chi connectivity index (χ2v) is 7.12. The van der Waals surface area contributed by atoms with Crippen molar-refractivity contribution in [3.63, 3.8) is 0 Å². The summed E-state index contributed by atoms with van der Waals surface area (Å²) in [6.45, 7) is 0. The van der Waals surface area contributed by atoms with E-state index in [4.69, 9.17) is 0 Å². The number of carboxylic acid groups (broad SMARTS) is 1. The Morgan fingerprint density at radius 1 is 1.27 bits per heavy atom. The molecular weight excluding hydrogens is 318 g/mol. The third kappa shape index (κ3) is 3.13. The molecule has 0 saturated heterocycles. The van der Waals surface area contributed by atoms with Crippen LogP contribution in [0.4, 0.5) is 5.00 Å². The van der Waals surface area contributed by atoms with E-state index in [2.05, 4.69) is 5.32 Å². The molecule has 0 spiro atoms. The SMILES string of the molecule is O=C(/C=C/c1cccs1)Nc1sc2c(c1C(=O)[O-])CCCC2. The molecule has 1 aliphatic rings. The van der Waals surface area contributed by atoms with Crippen LogP contribution in [0.5, 0.6) is 0 Å². The Bertz CT molecular complexity index is 729. The van der Waals surface area contributed by atoms with E-state index >= 15 is 0 Å². The summed E-state index contributed by atoms with van der Waals surface area (Å²) in [5.74, 6) is -1.54. The standard InChI is InChI=1S/C16H15NO3S2/c18-13(8-7-10-4-3-9-21-10)17-15-14(16(19)20)11-5-1-2-6-12(11)22-15/h3-4,7-9H,1-2,5-6H2,(H,17,18)(H,19,20)/p-1/b8-7+. The third-order valence-electron chi connectivity index (χ3n) is 3.55. The number of aromatic carboxylic acids is 1. The van der Waals surface area contributed by atoms with Gasteiger partial charge in [-0.25, -0.2) is 0 Å². The minimum absolute atomic E-state index is 0.164. The van der Waals surface area contributed by atoms with Crippen LogP contribution in [0.1, 0.15) is 38.5 Å². The fourth-order valence-electron chi connectivity index (χ4n) is 2.57. The van der Waals surface area contributed by atoms with E-state index in [1.807, 2.05) is 17.5 Å². The zero-order valence-corrected chi connectivity index (χ0v) is 13.4. The van der Waals surface area contributed by atoms with Crippen LogP contribution in [-0.2, 0) is 17.6 Å². The summed E-state index contributed by atoms with van der Waals surface area (Å²) in [6.07, 6.45) is 6.80. The molecule has 0 saturated carbocycles. The minimum Gasteiger partial charge on any atom is -0.545 e. The number of carbonyl (C=O) groups is 2. The van der Waals surface area contributed by atoms with Crippen molar-refractivity contribution >= 4 is 45.6 Å². The van der Waals surface area contributed by atoms with Gasteiger partial charge in [-0.3, -0.25) is 4.79 Å². The monoisotopic (exact) mass is 332 g/mol. The van der Waals surface area contributed by atoms with Gasteiger partial charge in [0.25, 0.3) is 0 Å². The average molecular weight is 332 g/mol. The fourth-order valence-corrected chi connectivity index (χ4v) is 4.47. The van der Waals surface area contributed by atoms with Crippen molar-refractivity contribution < 1.29 is 14.7 Å². The minimum atomic E-state index is -1.21. The smallest absolute Gasteiger partial charge is 0.249 e. The molecule has 1 amide bonds. The highest BCUT2D eigenvalue weighted by atomic mass is 32.1. The molecule has 2 aromatic heterocycles. The van der Waals surface area contributed by atoms with Gasteiger partial charge >= 0.3 is 0 Å². The maximum atomic E-state index is 12.0. The number of aryl methyl sites for hydroxylation is 1. The maximum absolute atomic E-state index is 12.0. The van der Waals surface area contributed by atoms with Gasteiger partial charge < -0.3 is 15.2 Å². The molecule has 4 nitrogen and oxygen atoms in total. The van der Waals surface area contributed by atoms with E-state index in [-0.39, 0.29) is 11.5 Å². The van der Waals surface area contributed by atoms with Crippen LogP contribution in [0.3, 0.4) is 0 Å². The number of anilines is 1. The molecule has 1 N–H and O–H groups in total. The Hall–Kier alpha value is -1.92. The number of nitrogens with one attached hydrogen (secondary N) is 1. The molecule has 2 aromatic rings. The lowest BCUT2D eigenvalue weighted by Crippen LogP contribution is -2.25. The lowest BCUT2D eigenvalue weighted by atomic mass is 9.95. The van der Waals surface area contributed by atoms with Crippen LogP contribution in [0.2, 0.25) is 0 Å². The number of hydrogen-bond donors (Lipinski definition) is 1. The maximum Gasteiger partial charge on any atom is 0.249 e. The summed E-state index contributed by atoms with van der Waals surface area (Å²) < 4.78 is 0. The third-order valence-corrected chi connectivity index (χ3v) is 5.60. The van der Waals surface area contributed by atoms with Gasteiger partial charge in [0.2, 0.25) is 5.91 Å². The second kappa shape index (κ2) is 6.46. The quantitative estimate of drug-likeness (QED) is 0.875. The molecule has 22 heavy (non-hydrogen) atoms. The zero-order chi connectivity index (χ0) is 15.5. The van der Waals surface area contributed by atoms with E-state index in [1.165, 1.54) is 28.7 Å². The van der Waals surface area contributed by atoms with E-state index in [0.29, 0.717) is 5.00 Å². The first kappa shape index (κ1) is 15.0. The van der Waals surface area contributed by atoms with Crippen LogP contribution < -0.4 is 10.4 Å². The number of rotatable bonds is 4. The van der Waals surface area contributed by atoms with E-state index < -0.39 is 5.97 Å². The number of amides is 1. The lowest BCUT2D eigenvalue weighted by Gasteiger charge is -2.13. The zero-order valence-electron chi connectivity index (χ0n) is 11.8. The Kier molecular flexibility index (Phi) is 4.40. The van der Waals surface area contributed by atoms with Gasteiger partial charge in [0, 0.05) is 21.4 Å². The molecule has 0 aromatic carbocycles. The van der Waals surface area contributed by atoms with Crippen LogP contribution in [0, 0.1) is 0 Å². The van der Waals surface area contributed by atoms with Crippen molar-refractivity contribution in [2.75, 3.05) is 5.32 Å². The van der Waals surface area contributed by atoms with Crippen LogP contribution in [-0.4, -0.2) is 11.9 Å². The molecule has 114 valence electrons. The first-order valence-electron chi connectivity index (χ1n) is 7.03. The number of thiophene rings is 2. The highest BCUT2D eigenvalue weighted by Crippen LogP contribution is 2.37. The number of carbonyl (C=O) groups excluding carboxylic acids is 2. The summed E-state index contributed by atoms with van der Waals surface area (Å²) in [6, 6.07) is 3.81. The van der Waals surface area contributed by atoms with E-state index in [0.717, 1.165) is 41.0 Å². The van der Waals surface area contributed by atoms with E-state index in [9.17, 15) is 14.7 Å². The van der Waals surface area contributed by atoms with Crippen molar-refractivity contribution in [3.05, 3.63) is 44.5 Å². The van der Waals surface area contributed by atoms with Gasteiger partial charge in [-0.1, -0.05) is 6.07 Å². The molecule has 6 heteroatoms. The Balaban J connectivity index is 1.81. The number of fused-ring (bicyclic) bond motifs is 1. The van der Waals surface area contributed by atoms with Gasteiger partial charge in [0.05, 0.1) is 5.97 Å². The van der Waals surface area contributed by atoms with Gasteiger partial charge in [0.1, 0.15) is 5.00 Å². The van der Waals surface area contributed by atoms with Crippen molar-refractivity contribution in [1.29, 1.82) is 0 Å². The summed E-state index contributed by atoms with van der Waals surface area (Å²) in [7, 11) is 0. The first-order valence-corrected chi connectivity index (χ1v) is 8.73. The second-order valence-electron chi connectivity index (χ2n) is 5.04. The largest absolute Gasteiger partial charge is 0.545 e. The summed E-state index contributed by atoms with van der Waals surface area (Å²) in [4.78, 5) is 25.4. The van der Waals surface area contributed by atoms with Gasteiger partial charge in [-0.2, -0.15) is 0 Å². The summed E-state index contributed by atoms with van der Waals surface area (Å²) in [5.41, 5.74) is 1.01. The average Bonchev–Trinajstić information content (AvgIpc) is 3.11. The van der Waals surface area contributed by atoms with E-state index in [1.54, 1.807) is 6.08 Å². The summed E-state index contributed by atoms with van der Waals surface area (Å²) >= 11 is 2.89. The predicted octanol–water partition coefficient (Wildman–Crippen LogP) is 2.70. The molecule has 0 bridgehead atoms. The Morgan fingerprint density at radius 3 is 2.82 bits per heavy atom. The molecular formula is C16H14NO3S2-. The van der Waals surface area contributed by atoms with Gasteiger partial charge in [-0.15, -0.1) is 22.7 Å². The molecule has 3 rings (SSSR count). The molecule has 0 fully saturated rings. The topological polar surface area (TPSA) is 69.2 Å². The van der Waals surface area contributed by atoms with Crippen molar-refractivity contribution in [1.82, 2.24) is 0 Å². The Labute approximate surface area is 136 Å². The van der Waals surface area contributed by atoms with Crippen molar-refractivity contribution in [2.24, 2.45) is 0 Å². The molecule has 0 radical (unpaired) electrons. The number of hydrogen-bond acceptors (Lipinski definition) is 5. The van der Waals surface area contributed by atoms with Crippen LogP contribution in [0.25, 0.3) is 6.08 Å². The lowest BCUT2D eigenvalue weighted by molar-refractivity contribution is -0.254. The van der Waals surface area contributed by atoms with Crippen LogP contribution in [0.15, 0.2) is 23.6 Å². The summed E-state index contributed by atoms with van der Waals surface area (Å²) in [5, 5.41) is 16.4. The van der Waals surface area contributed by atoms with Gasteiger partial charge in [-0.05, 0) is 48.8 Å². The van der Waals surface area contributed by atoms with Gasteiger partial charge in [0.15, 0.2) is 0 Å². The Morgan fingerprint density at radius 2 is 2.09 bits per heavy atom. The van der Waals surface area contributed by atoms with Crippen molar-refractivity contribution in [2.45, 2.75) is 25.7 Å². The molecule has 2 heterocycles. The molecule has 0 aliphatic heterocycles. The van der Waals surface area contributed by atoms with Crippen molar-refractivity contribution in [3.8, 4) is 0 Å². The highest BCUT2D eigenvalue weighted by Gasteiger charge is 2.22. The normalized spacial score (nSPS) is 14.0. The predicted molar refractivity (Wildman–Crippen MR) is 87.3 cm³/mol.